The average Bonchev–Trinajstić information content (AvgIpc) is 2.83. The predicted octanol–water partition coefficient (Wildman–Crippen LogP) is 1.51. The van der Waals surface area contributed by atoms with Crippen LogP contribution in [0.15, 0.2) is 0 Å². The van der Waals surface area contributed by atoms with E-state index in [4.69, 9.17) is 4.74 Å². The molecule has 0 aromatic rings. The fourth-order valence-corrected chi connectivity index (χ4v) is 1.38. The Kier molecular flexibility index (Phi) is 3.53. The first-order chi connectivity index (χ1) is 5.74. The van der Waals surface area contributed by atoms with Crippen molar-refractivity contribution in [1.29, 1.82) is 0 Å². The van der Waals surface area contributed by atoms with Gasteiger partial charge in [0, 0.05) is 6.92 Å². The van der Waals surface area contributed by atoms with Crippen molar-refractivity contribution < 1.29 is 14.3 Å². The maximum Gasteiger partial charge on any atom is 0.302 e. The van der Waals surface area contributed by atoms with Crippen LogP contribution in [0.5, 0.6) is 0 Å². The smallest absolute Gasteiger partial charge is 0.302 e. The quantitative estimate of drug-likeness (QED) is 0.410. The van der Waals surface area contributed by atoms with Gasteiger partial charge in [-0.2, -0.15) is 0 Å². The second kappa shape index (κ2) is 4.45. The molecule has 0 aromatic heterocycles. The fourth-order valence-electron chi connectivity index (χ4n) is 1.38. The van der Waals surface area contributed by atoms with Gasteiger partial charge in [-0.05, 0) is 12.8 Å². The predicted molar refractivity (Wildman–Crippen MR) is 44.8 cm³/mol. The Labute approximate surface area is 73.0 Å². The van der Waals surface area contributed by atoms with E-state index in [1.165, 1.54) is 39.7 Å². The van der Waals surface area contributed by atoms with E-state index in [-0.39, 0.29) is 5.97 Å². The van der Waals surface area contributed by atoms with Crippen molar-refractivity contribution in [3.8, 4) is 0 Å². The molecule has 70 valence electrons. The van der Waals surface area contributed by atoms with Gasteiger partial charge in [0.05, 0.1) is 19.3 Å². The molecule has 1 aliphatic heterocycles. The number of epoxide rings is 1. The number of rotatable bonds is 0. The van der Waals surface area contributed by atoms with Crippen molar-refractivity contribution in [1.82, 2.24) is 0 Å². The van der Waals surface area contributed by atoms with Gasteiger partial charge in [0.1, 0.15) is 0 Å². The minimum atomic E-state index is -0.245. The monoisotopic (exact) mass is 172 g/mol. The molecule has 1 saturated heterocycles. The number of methoxy groups -OCH3 is 1. The van der Waals surface area contributed by atoms with Crippen molar-refractivity contribution in [3.63, 3.8) is 0 Å². The van der Waals surface area contributed by atoms with Gasteiger partial charge in [-0.1, -0.05) is 12.8 Å². The zero-order valence-corrected chi connectivity index (χ0v) is 7.71. The van der Waals surface area contributed by atoms with Crippen LogP contribution in [-0.2, 0) is 14.3 Å². The standard InChI is InChI=1S/C6H10O.C3H6O2/c1-2-4-6-5(3-1)7-6;1-3(4)5-2/h5-6H,1-4H2;1-2H3. The first-order valence-corrected chi connectivity index (χ1v) is 4.44. The number of fused-ring (bicyclic) bond motifs is 1. The molecule has 0 N–H and O–H groups in total. The number of hydrogen-bond donors (Lipinski definition) is 0. The topological polar surface area (TPSA) is 38.8 Å². The van der Waals surface area contributed by atoms with E-state index < -0.39 is 0 Å². The minimum absolute atomic E-state index is 0.245. The summed E-state index contributed by atoms with van der Waals surface area (Å²) in [4.78, 5) is 9.59. The van der Waals surface area contributed by atoms with Crippen molar-refractivity contribution in [3.05, 3.63) is 0 Å². The van der Waals surface area contributed by atoms with Crippen LogP contribution in [-0.4, -0.2) is 25.3 Å². The van der Waals surface area contributed by atoms with Gasteiger partial charge < -0.3 is 9.47 Å². The lowest BCUT2D eigenvalue weighted by Gasteiger charge is -2.00. The summed E-state index contributed by atoms with van der Waals surface area (Å²) in [6.45, 7) is 1.36. The molecule has 0 aromatic carbocycles. The van der Waals surface area contributed by atoms with E-state index >= 15 is 0 Å². The lowest BCUT2D eigenvalue weighted by molar-refractivity contribution is -0.137. The Morgan fingerprint density at radius 2 is 1.75 bits per heavy atom. The molecule has 2 aliphatic rings. The van der Waals surface area contributed by atoms with Crippen LogP contribution >= 0.6 is 0 Å². The molecule has 1 aliphatic carbocycles. The Morgan fingerprint density at radius 1 is 1.33 bits per heavy atom. The van der Waals surface area contributed by atoms with Gasteiger partial charge >= 0.3 is 5.97 Å². The van der Waals surface area contributed by atoms with Crippen LogP contribution in [0.4, 0.5) is 0 Å². The number of esters is 1. The molecule has 1 heterocycles. The largest absolute Gasteiger partial charge is 0.469 e. The molecular weight excluding hydrogens is 156 g/mol. The van der Waals surface area contributed by atoms with Crippen LogP contribution in [0.1, 0.15) is 32.6 Å². The van der Waals surface area contributed by atoms with Gasteiger partial charge in [0.2, 0.25) is 0 Å². The molecule has 2 fully saturated rings. The summed E-state index contributed by atoms with van der Waals surface area (Å²) in [5, 5.41) is 0. The molecule has 3 heteroatoms. The summed E-state index contributed by atoms with van der Waals surface area (Å²) in [7, 11) is 1.35. The number of carbonyl (C=O) groups excluding carboxylic acids is 1. The molecule has 1 saturated carbocycles. The van der Waals surface area contributed by atoms with Crippen LogP contribution in [0.3, 0.4) is 0 Å². The highest BCUT2D eigenvalue weighted by molar-refractivity contribution is 5.65. The molecule has 0 spiro atoms. The van der Waals surface area contributed by atoms with Crippen LogP contribution in [0.25, 0.3) is 0 Å². The summed E-state index contributed by atoms with van der Waals surface area (Å²) in [6, 6.07) is 0. The number of ether oxygens (including phenoxy) is 2. The van der Waals surface area contributed by atoms with Crippen molar-refractivity contribution in [2.75, 3.05) is 7.11 Å². The highest BCUT2D eigenvalue weighted by atomic mass is 16.6. The molecule has 3 nitrogen and oxygen atoms in total. The SMILES string of the molecule is C1CCC2OC2C1.COC(C)=O. The maximum absolute atomic E-state index is 9.59. The third kappa shape index (κ3) is 3.22. The lowest BCUT2D eigenvalue weighted by Crippen LogP contribution is -2.00. The molecular formula is C9H16O3. The second-order valence-corrected chi connectivity index (χ2v) is 3.19. The van der Waals surface area contributed by atoms with Crippen molar-refractivity contribution in [2.45, 2.75) is 44.8 Å². The Hall–Kier alpha value is -0.570. The maximum atomic E-state index is 9.59. The molecule has 2 atom stereocenters. The third-order valence-electron chi connectivity index (χ3n) is 2.20. The van der Waals surface area contributed by atoms with Crippen LogP contribution < -0.4 is 0 Å². The molecule has 0 amide bonds. The number of carbonyl (C=O) groups is 1. The normalized spacial score (nSPS) is 30.8. The second-order valence-electron chi connectivity index (χ2n) is 3.19. The minimum Gasteiger partial charge on any atom is -0.469 e. The first kappa shape index (κ1) is 9.52. The summed E-state index contributed by atoms with van der Waals surface area (Å²) in [5.41, 5.74) is 0. The summed E-state index contributed by atoms with van der Waals surface area (Å²) < 4.78 is 9.39. The van der Waals surface area contributed by atoms with E-state index in [9.17, 15) is 4.79 Å². The molecule has 2 rings (SSSR count). The van der Waals surface area contributed by atoms with E-state index in [0.717, 1.165) is 0 Å². The average molecular weight is 172 g/mol. The molecule has 0 radical (unpaired) electrons. The number of hydrogen-bond acceptors (Lipinski definition) is 3. The van der Waals surface area contributed by atoms with E-state index in [1.54, 1.807) is 0 Å². The molecule has 0 bridgehead atoms. The van der Waals surface area contributed by atoms with E-state index in [2.05, 4.69) is 4.74 Å². The van der Waals surface area contributed by atoms with Gasteiger partial charge in [-0.15, -0.1) is 0 Å². The zero-order valence-electron chi connectivity index (χ0n) is 7.71. The van der Waals surface area contributed by atoms with Gasteiger partial charge in [-0.25, -0.2) is 0 Å². The zero-order chi connectivity index (χ0) is 8.97. The molecule has 2 unspecified atom stereocenters. The van der Waals surface area contributed by atoms with Crippen molar-refractivity contribution >= 4 is 5.97 Å². The molecule has 12 heavy (non-hydrogen) atoms. The summed E-state index contributed by atoms with van der Waals surface area (Å²) in [6.07, 6.45) is 6.89. The van der Waals surface area contributed by atoms with E-state index in [1.807, 2.05) is 0 Å². The van der Waals surface area contributed by atoms with Gasteiger partial charge in [0.25, 0.3) is 0 Å². The first-order valence-electron chi connectivity index (χ1n) is 4.44. The van der Waals surface area contributed by atoms with Gasteiger partial charge in [0.15, 0.2) is 0 Å². The highest BCUT2D eigenvalue weighted by Gasteiger charge is 2.39. The van der Waals surface area contributed by atoms with Crippen LogP contribution in [0, 0.1) is 0 Å². The third-order valence-corrected chi connectivity index (χ3v) is 2.20. The highest BCUT2D eigenvalue weighted by Crippen LogP contribution is 2.35. The van der Waals surface area contributed by atoms with Gasteiger partial charge in [-0.3, -0.25) is 4.79 Å². The lowest BCUT2D eigenvalue weighted by atomic mass is 10.0. The Balaban J connectivity index is 0.000000130. The van der Waals surface area contributed by atoms with E-state index in [0.29, 0.717) is 12.2 Å². The summed E-state index contributed by atoms with van der Waals surface area (Å²) in [5.74, 6) is -0.245. The van der Waals surface area contributed by atoms with Crippen molar-refractivity contribution in [2.24, 2.45) is 0 Å². The fraction of sp³-hybridized carbons (Fsp3) is 0.889. The Bertz CT molecular complexity index is 146. The van der Waals surface area contributed by atoms with Crippen LogP contribution in [0.2, 0.25) is 0 Å². The summed E-state index contributed by atoms with van der Waals surface area (Å²) >= 11 is 0. The Morgan fingerprint density at radius 3 is 2.00 bits per heavy atom.